The SMILES string of the molecule is Cc1ccc([C@@H]2[C@@H](c3ccccn3)NC(=S)N2c2ccccc2)n1C. The second-order valence-corrected chi connectivity index (χ2v) is 6.68. The zero-order valence-corrected chi connectivity index (χ0v) is 15.1. The molecule has 3 aromatic rings. The van der Waals surface area contributed by atoms with Gasteiger partial charge < -0.3 is 14.8 Å². The van der Waals surface area contributed by atoms with E-state index in [0.29, 0.717) is 0 Å². The highest BCUT2D eigenvalue weighted by molar-refractivity contribution is 7.80. The van der Waals surface area contributed by atoms with Crippen LogP contribution in [0.5, 0.6) is 0 Å². The van der Waals surface area contributed by atoms with Crippen LogP contribution in [-0.2, 0) is 7.05 Å². The summed E-state index contributed by atoms with van der Waals surface area (Å²) >= 11 is 5.70. The lowest BCUT2D eigenvalue weighted by atomic mass is 10.0. The van der Waals surface area contributed by atoms with Gasteiger partial charge in [0.25, 0.3) is 0 Å². The first-order valence-electron chi connectivity index (χ1n) is 8.35. The van der Waals surface area contributed by atoms with Crippen molar-refractivity contribution in [2.45, 2.75) is 19.0 Å². The number of nitrogens with zero attached hydrogens (tertiary/aromatic N) is 3. The van der Waals surface area contributed by atoms with Gasteiger partial charge in [0.15, 0.2) is 5.11 Å². The molecule has 1 aromatic carbocycles. The molecule has 0 radical (unpaired) electrons. The maximum absolute atomic E-state index is 5.70. The number of aryl methyl sites for hydroxylation is 1. The molecule has 0 amide bonds. The quantitative estimate of drug-likeness (QED) is 0.728. The van der Waals surface area contributed by atoms with Crippen LogP contribution in [0.25, 0.3) is 0 Å². The summed E-state index contributed by atoms with van der Waals surface area (Å²) in [4.78, 5) is 6.78. The van der Waals surface area contributed by atoms with Crippen LogP contribution in [0.15, 0.2) is 66.9 Å². The molecule has 2 aromatic heterocycles. The van der Waals surface area contributed by atoms with Crippen LogP contribution < -0.4 is 10.2 Å². The number of rotatable bonds is 3. The predicted molar refractivity (Wildman–Crippen MR) is 105 cm³/mol. The Morgan fingerprint density at radius 1 is 1.00 bits per heavy atom. The van der Waals surface area contributed by atoms with Crippen molar-refractivity contribution < 1.29 is 0 Å². The lowest BCUT2D eigenvalue weighted by Gasteiger charge is -2.28. The van der Waals surface area contributed by atoms with E-state index in [1.807, 2.05) is 36.5 Å². The van der Waals surface area contributed by atoms with Gasteiger partial charge in [-0.05, 0) is 55.5 Å². The van der Waals surface area contributed by atoms with Crippen LogP contribution in [0.2, 0.25) is 0 Å². The van der Waals surface area contributed by atoms with Gasteiger partial charge in [0.05, 0.1) is 11.7 Å². The van der Waals surface area contributed by atoms with Gasteiger partial charge in [0, 0.05) is 30.3 Å². The zero-order chi connectivity index (χ0) is 17.4. The van der Waals surface area contributed by atoms with Crippen molar-refractivity contribution in [1.82, 2.24) is 14.9 Å². The summed E-state index contributed by atoms with van der Waals surface area (Å²) < 4.78 is 2.23. The van der Waals surface area contributed by atoms with Crippen molar-refractivity contribution in [1.29, 1.82) is 0 Å². The van der Waals surface area contributed by atoms with E-state index in [-0.39, 0.29) is 12.1 Å². The van der Waals surface area contributed by atoms with E-state index in [1.165, 1.54) is 11.4 Å². The molecule has 3 heterocycles. The highest BCUT2D eigenvalue weighted by Crippen LogP contribution is 2.41. The number of hydrogen-bond acceptors (Lipinski definition) is 2. The highest BCUT2D eigenvalue weighted by atomic mass is 32.1. The molecule has 1 N–H and O–H groups in total. The minimum atomic E-state index is 0.00176. The van der Waals surface area contributed by atoms with Gasteiger partial charge >= 0.3 is 0 Å². The smallest absolute Gasteiger partial charge is 0.174 e. The Labute approximate surface area is 153 Å². The van der Waals surface area contributed by atoms with E-state index in [4.69, 9.17) is 12.2 Å². The van der Waals surface area contributed by atoms with Gasteiger partial charge in [0.1, 0.15) is 6.04 Å². The van der Waals surface area contributed by atoms with Crippen molar-refractivity contribution in [3.63, 3.8) is 0 Å². The number of para-hydroxylation sites is 1. The number of pyridine rings is 1. The Hall–Kier alpha value is -2.66. The predicted octanol–water partition coefficient (Wildman–Crippen LogP) is 3.91. The van der Waals surface area contributed by atoms with Gasteiger partial charge in [-0.3, -0.25) is 4.98 Å². The number of nitrogens with one attached hydrogen (secondary N) is 1. The molecule has 2 atom stereocenters. The summed E-state index contributed by atoms with van der Waals surface area (Å²) in [6.07, 6.45) is 1.83. The van der Waals surface area contributed by atoms with Crippen molar-refractivity contribution in [2.24, 2.45) is 7.05 Å². The van der Waals surface area contributed by atoms with Crippen LogP contribution in [0.4, 0.5) is 5.69 Å². The largest absolute Gasteiger partial charge is 0.351 e. The van der Waals surface area contributed by atoms with Gasteiger partial charge in [-0.15, -0.1) is 0 Å². The number of hydrogen-bond donors (Lipinski definition) is 1. The first kappa shape index (κ1) is 15.8. The second kappa shape index (κ2) is 6.33. The summed E-state index contributed by atoms with van der Waals surface area (Å²) in [6.45, 7) is 2.12. The third-order valence-corrected chi connectivity index (χ3v) is 5.16. The molecule has 0 unspecified atom stereocenters. The van der Waals surface area contributed by atoms with Crippen LogP contribution in [0.3, 0.4) is 0 Å². The third-order valence-electron chi connectivity index (χ3n) is 4.85. The fraction of sp³-hybridized carbons (Fsp3) is 0.200. The van der Waals surface area contributed by atoms with Gasteiger partial charge in [0.2, 0.25) is 0 Å². The van der Waals surface area contributed by atoms with E-state index >= 15 is 0 Å². The summed E-state index contributed by atoms with van der Waals surface area (Å²) in [6, 6.07) is 20.7. The average molecular weight is 348 g/mol. The molecular formula is C20H20N4S. The van der Waals surface area contributed by atoms with Gasteiger partial charge in [-0.2, -0.15) is 0 Å². The topological polar surface area (TPSA) is 33.1 Å². The van der Waals surface area contributed by atoms with Crippen molar-refractivity contribution in [3.05, 3.63) is 83.9 Å². The molecule has 4 nitrogen and oxygen atoms in total. The van der Waals surface area contributed by atoms with E-state index in [1.54, 1.807) is 0 Å². The molecule has 0 saturated carbocycles. The monoisotopic (exact) mass is 348 g/mol. The third kappa shape index (κ3) is 2.70. The minimum absolute atomic E-state index is 0.00176. The molecule has 1 saturated heterocycles. The summed E-state index contributed by atoms with van der Waals surface area (Å²) in [5.41, 5.74) is 4.51. The molecule has 126 valence electrons. The van der Waals surface area contributed by atoms with E-state index in [0.717, 1.165) is 16.5 Å². The summed E-state index contributed by atoms with van der Waals surface area (Å²) in [5.74, 6) is 0. The first-order chi connectivity index (χ1) is 12.2. The molecule has 1 aliphatic rings. The lowest BCUT2D eigenvalue weighted by Crippen LogP contribution is -2.30. The standard InChI is InChI=1S/C20H20N4S/c1-14-11-12-17(23(14)2)19-18(16-10-6-7-13-21-16)22-20(25)24(19)15-8-4-3-5-9-15/h3-13,18-19H,1-2H3,(H,22,25)/t18-,19-/m1/s1. The van der Waals surface area contributed by atoms with Crippen molar-refractivity contribution in [3.8, 4) is 0 Å². The summed E-state index contributed by atoms with van der Waals surface area (Å²) in [7, 11) is 2.10. The normalized spacial score (nSPS) is 19.9. The second-order valence-electron chi connectivity index (χ2n) is 6.29. The maximum atomic E-state index is 5.70. The Balaban J connectivity index is 1.86. The Kier molecular flexibility index (Phi) is 4.01. The van der Waals surface area contributed by atoms with Crippen LogP contribution in [-0.4, -0.2) is 14.7 Å². The fourth-order valence-electron chi connectivity index (χ4n) is 3.45. The molecule has 25 heavy (non-hydrogen) atoms. The number of aromatic nitrogens is 2. The van der Waals surface area contributed by atoms with Gasteiger partial charge in [-0.25, -0.2) is 0 Å². The Bertz CT molecular complexity index is 889. The first-order valence-corrected chi connectivity index (χ1v) is 8.75. The van der Waals surface area contributed by atoms with Gasteiger partial charge in [-0.1, -0.05) is 24.3 Å². The van der Waals surface area contributed by atoms with Crippen LogP contribution >= 0.6 is 12.2 Å². The summed E-state index contributed by atoms with van der Waals surface area (Å²) in [5, 5.41) is 4.21. The number of benzene rings is 1. The fourth-order valence-corrected chi connectivity index (χ4v) is 3.80. The Morgan fingerprint density at radius 2 is 1.76 bits per heavy atom. The number of anilines is 1. The molecule has 4 rings (SSSR count). The highest BCUT2D eigenvalue weighted by Gasteiger charge is 2.41. The molecule has 0 spiro atoms. The molecule has 0 bridgehead atoms. The zero-order valence-electron chi connectivity index (χ0n) is 14.3. The molecule has 1 fully saturated rings. The molecule has 1 aliphatic heterocycles. The lowest BCUT2D eigenvalue weighted by molar-refractivity contribution is 0.539. The maximum Gasteiger partial charge on any atom is 0.174 e. The van der Waals surface area contributed by atoms with Crippen LogP contribution in [0.1, 0.15) is 29.2 Å². The van der Waals surface area contributed by atoms with Crippen LogP contribution in [0, 0.1) is 6.92 Å². The van der Waals surface area contributed by atoms with E-state index in [9.17, 15) is 0 Å². The average Bonchev–Trinajstić information content (AvgIpc) is 3.16. The molecule has 0 aliphatic carbocycles. The van der Waals surface area contributed by atoms with E-state index in [2.05, 4.69) is 64.1 Å². The Morgan fingerprint density at radius 3 is 2.40 bits per heavy atom. The molecular weight excluding hydrogens is 328 g/mol. The number of thiocarbonyl (C=S) groups is 1. The molecule has 5 heteroatoms. The minimum Gasteiger partial charge on any atom is -0.351 e. The van der Waals surface area contributed by atoms with Crippen molar-refractivity contribution in [2.75, 3.05) is 4.90 Å². The van der Waals surface area contributed by atoms with Crippen molar-refractivity contribution >= 4 is 23.0 Å². The van der Waals surface area contributed by atoms with E-state index < -0.39 is 0 Å².